The molecule has 3 amide bonds. The standard InChI is InChI=1S/C16H24N4O2/c1-11-9-13(12(2)18(11)3)14(21)20-7-5-16(6-8-20)10-17-15(22)19(16)4/h9H,5-8,10H2,1-4H3,(H,17,22). The van der Waals surface area contributed by atoms with E-state index in [0.717, 1.165) is 29.8 Å². The number of aromatic nitrogens is 1. The number of likely N-dealkylation sites (tertiary alicyclic amines) is 1. The Morgan fingerprint density at radius 2 is 1.86 bits per heavy atom. The maximum atomic E-state index is 12.8. The maximum absolute atomic E-state index is 12.8. The first-order valence-corrected chi connectivity index (χ1v) is 7.79. The molecule has 120 valence electrons. The topological polar surface area (TPSA) is 57.6 Å². The van der Waals surface area contributed by atoms with Gasteiger partial charge in [0.2, 0.25) is 0 Å². The summed E-state index contributed by atoms with van der Waals surface area (Å²) in [4.78, 5) is 28.2. The Morgan fingerprint density at radius 1 is 1.23 bits per heavy atom. The van der Waals surface area contributed by atoms with Crippen molar-refractivity contribution < 1.29 is 9.59 Å². The molecule has 2 saturated heterocycles. The Balaban J connectivity index is 1.73. The quantitative estimate of drug-likeness (QED) is 0.849. The summed E-state index contributed by atoms with van der Waals surface area (Å²) < 4.78 is 2.05. The van der Waals surface area contributed by atoms with Gasteiger partial charge in [-0.15, -0.1) is 0 Å². The molecule has 0 unspecified atom stereocenters. The van der Waals surface area contributed by atoms with E-state index in [2.05, 4.69) is 5.32 Å². The van der Waals surface area contributed by atoms with Crippen LogP contribution in [0.3, 0.4) is 0 Å². The van der Waals surface area contributed by atoms with Gasteiger partial charge >= 0.3 is 6.03 Å². The van der Waals surface area contributed by atoms with Gasteiger partial charge in [0.15, 0.2) is 0 Å². The molecule has 1 spiro atoms. The number of urea groups is 1. The van der Waals surface area contributed by atoms with E-state index in [9.17, 15) is 9.59 Å². The van der Waals surface area contributed by atoms with Crippen molar-refractivity contribution in [3.63, 3.8) is 0 Å². The Hall–Kier alpha value is -1.98. The number of carbonyl (C=O) groups excluding carboxylic acids is 2. The zero-order valence-electron chi connectivity index (χ0n) is 13.8. The number of aryl methyl sites for hydroxylation is 1. The molecule has 6 nitrogen and oxygen atoms in total. The highest BCUT2D eigenvalue weighted by Crippen LogP contribution is 2.31. The number of piperidine rings is 1. The van der Waals surface area contributed by atoms with E-state index in [-0.39, 0.29) is 17.5 Å². The van der Waals surface area contributed by atoms with Gasteiger partial charge in [-0.1, -0.05) is 0 Å². The van der Waals surface area contributed by atoms with Crippen molar-refractivity contribution in [1.29, 1.82) is 0 Å². The maximum Gasteiger partial charge on any atom is 0.317 e. The number of amides is 3. The molecule has 1 aromatic heterocycles. The van der Waals surface area contributed by atoms with E-state index in [1.165, 1.54) is 0 Å². The second-order valence-corrected chi connectivity index (χ2v) is 6.58. The normalized spacial score (nSPS) is 20.6. The Labute approximate surface area is 131 Å². The van der Waals surface area contributed by atoms with Crippen LogP contribution >= 0.6 is 0 Å². The number of likely N-dealkylation sites (N-methyl/N-ethyl adjacent to an activating group) is 1. The minimum absolute atomic E-state index is 0.00527. The van der Waals surface area contributed by atoms with Crippen LogP contribution in [0.5, 0.6) is 0 Å². The molecule has 2 aliphatic heterocycles. The Morgan fingerprint density at radius 3 is 2.32 bits per heavy atom. The summed E-state index contributed by atoms with van der Waals surface area (Å²) in [5, 5.41) is 2.91. The molecule has 0 aliphatic carbocycles. The molecule has 2 fully saturated rings. The second-order valence-electron chi connectivity index (χ2n) is 6.58. The molecule has 0 radical (unpaired) electrons. The summed E-state index contributed by atoms with van der Waals surface area (Å²) >= 11 is 0. The van der Waals surface area contributed by atoms with Gasteiger partial charge < -0.3 is 19.7 Å². The second kappa shape index (κ2) is 5.04. The van der Waals surface area contributed by atoms with Crippen molar-refractivity contribution in [3.8, 4) is 0 Å². The molecule has 1 N–H and O–H groups in total. The third kappa shape index (κ3) is 2.09. The summed E-state index contributed by atoms with van der Waals surface area (Å²) in [5.74, 6) is 0.107. The molecule has 0 saturated carbocycles. The molecule has 22 heavy (non-hydrogen) atoms. The smallest absolute Gasteiger partial charge is 0.317 e. The first kappa shape index (κ1) is 14.9. The number of hydrogen-bond donors (Lipinski definition) is 1. The summed E-state index contributed by atoms with van der Waals surface area (Å²) in [5.41, 5.74) is 2.79. The van der Waals surface area contributed by atoms with Crippen LogP contribution in [-0.2, 0) is 7.05 Å². The van der Waals surface area contributed by atoms with Gasteiger partial charge in [0.25, 0.3) is 5.91 Å². The summed E-state index contributed by atoms with van der Waals surface area (Å²) in [7, 11) is 3.84. The van der Waals surface area contributed by atoms with Crippen LogP contribution in [-0.4, -0.2) is 58.5 Å². The van der Waals surface area contributed by atoms with Gasteiger partial charge in [-0.25, -0.2) is 4.79 Å². The molecule has 0 aromatic carbocycles. The van der Waals surface area contributed by atoms with Crippen LogP contribution in [0.25, 0.3) is 0 Å². The SMILES string of the molecule is Cc1cc(C(=O)N2CCC3(CC2)CNC(=O)N3C)c(C)n1C. The molecule has 3 rings (SSSR count). The lowest BCUT2D eigenvalue weighted by Crippen LogP contribution is -2.54. The lowest BCUT2D eigenvalue weighted by Gasteiger charge is -2.42. The van der Waals surface area contributed by atoms with Crippen molar-refractivity contribution >= 4 is 11.9 Å². The van der Waals surface area contributed by atoms with E-state index in [0.29, 0.717) is 19.6 Å². The van der Waals surface area contributed by atoms with Crippen molar-refractivity contribution in [1.82, 2.24) is 19.7 Å². The lowest BCUT2D eigenvalue weighted by molar-refractivity contribution is 0.0564. The van der Waals surface area contributed by atoms with E-state index < -0.39 is 0 Å². The molecule has 3 heterocycles. The number of carbonyl (C=O) groups is 2. The summed E-state index contributed by atoms with van der Waals surface area (Å²) in [6, 6.07) is 1.96. The zero-order valence-corrected chi connectivity index (χ0v) is 13.8. The van der Waals surface area contributed by atoms with Crippen LogP contribution in [0.2, 0.25) is 0 Å². The van der Waals surface area contributed by atoms with Gasteiger partial charge in [-0.3, -0.25) is 4.79 Å². The lowest BCUT2D eigenvalue weighted by atomic mass is 9.87. The van der Waals surface area contributed by atoms with Crippen LogP contribution in [0, 0.1) is 13.8 Å². The van der Waals surface area contributed by atoms with Crippen LogP contribution < -0.4 is 5.32 Å². The van der Waals surface area contributed by atoms with Crippen molar-refractivity contribution in [2.75, 3.05) is 26.7 Å². The molecule has 0 atom stereocenters. The van der Waals surface area contributed by atoms with Gasteiger partial charge in [0.1, 0.15) is 0 Å². The average molecular weight is 304 g/mol. The number of rotatable bonds is 1. The van der Waals surface area contributed by atoms with Gasteiger partial charge in [-0.2, -0.15) is 0 Å². The van der Waals surface area contributed by atoms with E-state index in [4.69, 9.17) is 0 Å². The van der Waals surface area contributed by atoms with Crippen LogP contribution in [0.15, 0.2) is 6.07 Å². The Kier molecular flexibility index (Phi) is 3.42. The molecule has 1 aromatic rings. The molecular formula is C16H24N4O2. The van der Waals surface area contributed by atoms with Crippen molar-refractivity contribution in [3.05, 3.63) is 23.0 Å². The minimum Gasteiger partial charge on any atom is -0.351 e. The molecule has 0 bridgehead atoms. The fourth-order valence-electron chi connectivity index (χ4n) is 3.57. The predicted molar refractivity (Wildman–Crippen MR) is 83.9 cm³/mol. The fourth-order valence-corrected chi connectivity index (χ4v) is 3.57. The third-order valence-corrected chi connectivity index (χ3v) is 5.57. The highest BCUT2D eigenvalue weighted by Gasteiger charge is 2.45. The van der Waals surface area contributed by atoms with Gasteiger partial charge in [0.05, 0.1) is 11.1 Å². The van der Waals surface area contributed by atoms with E-state index >= 15 is 0 Å². The van der Waals surface area contributed by atoms with Gasteiger partial charge in [-0.05, 0) is 32.8 Å². The monoisotopic (exact) mass is 304 g/mol. The molecule has 6 heteroatoms. The Bertz CT molecular complexity index is 626. The van der Waals surface area contributed by atoms with Crippen LogP contribution in [0.4, 0.5) is 4.79 Å². The average Bonchev–Trinajstić information content (AvgIpc) is 2.93. The summed E-state index contributed by atoms with van der Waals surface area (Å²) in [6.45, 7) is 6.09. The third-order valence-electron chi connectivity index (χ3n) is 5.57. The van der Waals surface area contributed by atoms with E-state index in [1.54, 1.807) is 0 Å². The number of nitrogens with one attached hydrogen (secondary N) is 1. The summed E-state index contributed by atoms with van der Waals surface area (Å²) in [6.07, 6.45) is 1.66. The fraction of sp³-hybridized carbons (Fsp3) is 0.625. The van der Waals surface area contributed by atoms with Crippen molar-refractivity contribution in [2.45, 2.75) is 32.2 Å². The molecule has 2 aliphatic rings. The predicted octanol–water partition coefficient (Wildman–Crippen LogP) is 1.27. The number of nitrogens with zero attached hydrogens (tertiary/aromatic N) is 3. The molecular weight excluding hydrogens is 280 g/mol. The zero-order chi connectivity index (χ0) is 16.1. The van der Waals surface area contributed by atoms with Crippen LogP contribution in [0.1, 0.15) is 34.6 Å². The van der Waals surface area contributed by atoms with E-state index in [1.807, 2.05) is 48.4 Å². The highest BCUT2D eigenvalue weighted by atomic mass is 16.2. The number of hydrogen-bond acceptors (Lipinski definition) is 2. The van der Waals surface area contributed by atoms with Gasteiger partial charge in [0, 0.05) is 45.1 Å². The highest BCUT2D eigenvalue weighted by molar-refractivity contribution is 5.95. The first-order valence-electron chi connectivity index (χ1n) is 7.79. The largest absolute Gasteiger partial charge is 0.351 e. The minimum atomic E-state index is -0.116. The first-order chi connectivity index (χ1) is 10.4. The van der Waals surface area contributed by atoms with Crippen molar-refractivity contribution in [2.24, 2.45) is 7.05 Å².